The second kappa shape index (κ2) is 8.32. The Labute approximate surface area is 155 Å². The summed E-state index contributed by atoms with van der Waals surface area (Å²) in [7, 11) is 1.67. The van der Waals surface area contributed by atoms with Crippen molar-refractivity contribution in [3.8, 4) is 5.75 Å². The number of ether oxygens (including phenoxy) is 1. The molecule has 132 valence electrons. The lowest BCUT2D eigenvalue weighted by Crippen LogP contribution is -2.49. The van der Waals surface area contributed by atoms with Crippen molar-refractivity contribution in [1.82, 2.24) is 9.80 Å². The van der Waals surface area contributed by atoms with Gasteiger partial charge in [-0.3, -0.25) is 4.90 Å². The van der Waals surface area contributed by atoms with E-state index in [0.29, 0.717) is 0 Å². The number of nitrogens with one attached hydrogen (secondary N) is 1. The van der Waals surface area contributed by atoms with E-state index in [1.165, 1.54) is 11.1 Å². The molecule has 2 aromatic carbocycles. The second-order valence-electron chi connectivity index (χ2n) is 6.32. The smallest absolute Gasteiger partial charge is 0.173 e. The molecule has 1 fully saturated rings. The van der Waals surface area contributed by atoms with Crippen LogP contribution in [0.3, 0.4) is 0 Å². The molecule has 2 aromatic rings. The summed E-state index contributed by atoms with van der Waals surface area (Å²) in [6.07, 6.45) is 0. The SMILES string of the molecule is COc1ccccc1NC(=S)N1CCN(Cc2ccccc2C)CC1. The van der Waals surface area contributed by atoms with Crippen molar-refractivity contribution in [3.63, 3.8) is 0 Å². The van der Waals surface area contributed by atoms with Crippen molar-refractivity contribution in [2.24, 2.45) is 0 Å². The van der Waals surface area contributed by atoms with Gasteiger partial charge in [-0.1, -0.05) is 36.4 Å². The van der Waals surface area contributed by atoms with E-state index < -0.39 is 0 Å². The van der Waals surface area contributed by atoms with E-state index in [1.54, 1.807) is 7.11 Å². The van der Waals surface area contributed by atoms with Crippen molar-refractivity contribution >= 4 is 23.0 Å². The van der Waals surface area contributed by atoms with E-state index in [4.69, 9.17) is 17.0 Å². The largest absolute Gasteiger partial charge is 0.495 e. The molecule has 0 saturated carbocycles. The van der Waals surface area contributed by atoms with Gasteiger partial charge < -0.3 is 15.0 Å². The number of piperazine rings is 1. The van der Waals surface area contributed by atoms with Gasteiger partial charge in [-0.25, -0.2) is 0 Å². The lowest BCUT2D eigenvalue weighted by molar-refractivity contribution is 0.176. The van der Waals surface area contributed by atoms with E-state index >= 15 is 0 Å². The molecule has 5 heteroatoms. The van der Waals surface area contributed by atoms with Crippen LogP contribution in [0.1, 0.15) is 11.1 Å². The van der Waals surface area contributed by atoms with Gasteiger partial charge in [0, 0.05) is 32.7 Å². The normalized spacial score (nSPS) is 15.0. The Kier molecular flexibility index (Phi) is 5.89. The quantitative estimate of drug-likeness (QED) is 0.847. The van der Waals surface area contributed by atoms with Gasteiger partial charge in [0.15, 0.2) is 5.11 Å². The topological polar surface area (TPSA) is 27.7 Å². The van der Waals surface area contributed by atoms with Crippen LogP contribution in [0.15, 0.2) is 48.5 Å². The zero-order chi connectivity index (χ0) is 17.6. The first-order valence-corrected chi connectivity index (χ1v) is 9.04. The maximum absolute atomic E-state index is 5.59. The van der Waals surface area contributed by atoms with Crippen LogP contribution in [-0.4, -0.2) is 48.2 Å². The van der Waals surface area contributed by atoms with Crippen LogP contribution in [-0.2, 0) is 6.54 Å². The molecule has 1 aliphatic heterocycles. The first-order chi connectivity index (χ1) is 12.2. The van der Waals surface area contributed by atoms with E-state index in [2.05, 4.69) is 46.3 Å². The third-order valence-electron chi connectivity index (χ3n) is 4.66. The number of rotatable bonds is 4. The highest BCUT2D eigenvalue weighted by Crippen LogP contribution is 2.23. The summed E-state index contributed by atoms with van der Waals surface area (Å²) in [6.45, 7) is 7.09. The van der Waals surface area contributed by atoms with E-state index in [1.807, 2.05) is 24.3 Å². The minimum Gasteiger partial charge on any atom is -0.495 e. The summed E-state index contributed by atoms with van der Waals surface area (Å²) < 4.78 is 5.38. The molecule has 0 spiro atoms. The third-order valence-corrected chi connectivity index (χ3v) is 5.02. The molecule has 1 saturated heterocycles. The Morgan fingerprint density at radius 3 is 2.44 bits per heavy atom. The zero-order valence-corrected chi connectivity index (χ0v) is 15.7. The summed E-state index contributed by atoms with van der Waals surface area (Å²) >= 11 is 5.59. The third kappa shape index (κ3) is 4.50. The predicted molar refractivity (Wildman–Crippen MR) is 107 cm³/mol. The van der Waals surface area contributed by atoms with E-state index in [-0.39, 0.29) is 0 Å². The minimum absolute atomic E-state index is 0.764. The predicted octanol–water partition coefficient (Wildman–Crippen LogP) is 3.52. The molecule has 1 N–H and O–H groups in total. The number of nitrogens with zero attached hydrogens (tertiary/aromatic N) is 2. The lowest BCUT2D eigenvalue weighted by atomic mass is 10.1. The van der Waals surface area contributed by atoms with E-state index in [0.717, 1.165) is 49.3 Å². The van der Waals surface area contributed by atoms with Crippen LogP contribution >= 0.6 is 12.2 Å². The molecule has 0 amide bonds. The Balaban J connectivity index is 1.53. The fraction of sp³-hybridized carbons (Fsp3) is 0.350. The van der Waals surface area contributed by atoms with Gasteiger partial charge >= 0.3 is 0 Å². The Morgan fingerprint density at radius 1 is 1.04 bits per heavy atom. The molecule has 1 aliphatic rings. The summed E-state index contributed by atoms with van der Waals surface area (Å²) in [5, 5.41) is 4.08. The molecule has 25 heavy (non-hydrogen) atoms. The summed E-state index contributed by atoms with van der Waals surface area (Å²) in [5.41, 5.74) is 3.68. The molecule has 0 bridgehead atoms. The minimum atomic E-state index is 0.764. The van der Waals surface area contributed by atoms with Gasteiger partial charge in [0.2, 0.25) is 0 Å². The van der Waals surface area contributed by atoms with Crippen LogP contribution in [0, 0.1) is 6.92 Å². The van der Waals surface area contributed by atoms with Crippen molar-refractivity contribution in [3.05, 3.63) is 59.7 Å². The number of benzene rings is 2. The molecule has 0 unspecified atom stereocenters. The van der Waals surface area contributed by atoms with Crippen LogP contribution in [0.4, 0.5) is 5.69 Å². The maximum Gasteiger partial charge on any atom is 0.173 e. The van der Waals surface area contributed by atoms with Crippen LogP contribution in [0.25, 0.3) is 0 Å². The average molecular weight is 356 g/mol. The summed E-state index contributed by atoms with van der Waals surface area (Å²) in [6, 6.07) is 16.5. The molecular formula is C20H25N3OS. The second-order valence-corrected chi connectivity index (χ2v) is 6.71. The number of hydrogen-bond acceptors (Lipinski definition) is 3. The summed E-state index contributed by atoms with van der Waals surface area (Å²) in [5.74, 6) is 0.808. The van der Waals surface area contributed by atoms with E-state index in [9.17, 15) is 0 Å². The van der Waals surface area contributed by atoms with Gasteiger partial charge in [0.05, 0.1) is 12.8 Å². The molecule has 0 aromatic heterocycles. The highest BCUT2D eigenvalue weighted by molar-refractivity contribution is 7.80. The van der Waals surface area contributed by atoms with Crippen LogP contribution in [0.5, 0.6) is 5.75 Å². The van der Waals surface area contributed by atoms with Crippen molar-refractivity contribution in [1.29, 1.82) is 0 Å². The maximum atomic E-state index is 5.59. The number of hydrogen-bond donors (Lipinski definition) is 1. The molecule has 0 atom stereocenters. The van der Waals surface area contributed by atoms with Gasteiger partial charge in [0.1, 0.15) is 5.75 Å². The first-order valence-electron chi connectivity index (χ1n) is 8.63. The summed E-state index contributed by atoms with van der Waals surface area (Å²) in [4.78, 5) is 4.72. The monoisotopic (exact) mass is 355 g/mol. The molecule has 0 radical (unpaired) electrons. The Morgan fingerprint density at radius 2 is 1.72 bits per heavy atom. The Hall–Kier alpha value is -2.11. The lowest BCUT2D eigenvalue weighted by Gasteiger charge is -2.36. The van der Waals surface area contributed by atoms with Crippen molar-refractivity contribution in [2.75, 3.05) is 38.6 Å². The first kappa shape index (κ1) is 17.7. The molecule has 1 heterocycles. The number of aryl methyl sites for hydroxylation is 1. The zero-order valence-electron chi connectivity index (χ0n) is 14.9. The van der Waals surface area contributed by atoms with Gasteiger partial charge in [-0.05, 0) is 42.4 Å². The van der Waals surface area contributed by atoms with Gasteiger partial charge in [-0.15, -0.1) is 0 Å². The Bertz CT molecular complexity index is 726. The molecule has 0 aliphatic carbocycles. The van der Waals surface area contributed by atoms with Gasteiger partial charge in [0.25, 0.3) is 0 Å². The highest BCUT2D eigenvalue weighted by atomic mass is 32.1. The number of anilines is 1. The van der Waals surface area contributed by atoms with Crippen molar-refractivity contribution in [2.45, 2.75) is 13.5 Å². The number of thiocarbonyl (C=S) groups is 1. The highest BCUT2D eigenvalue weighted by Gasteiger charge is 2.20. The fourth-order valence-corrected chi connectivity index (χ4v) is 3.37. The van der Waals surface area contributed by atoms with Crippen LogP contribution in [0.2, 0.25) is 0 Å². The average Bonchev–Trinajstić information content (AvgIpc) is 2.64. The fourth-order valence-electron chi connectivity index (χ4n) is 3.08. The molecular weight excluding hydrogens is 330 g/mol. The van der Waals surface area contributed by atoms with Gasteiger partial charge in [-0.2, -0.15) is 0 Å². The molecule has 3 rings (SSSR count). The molecule has 4 nitrogen and oxygen atoms in total. The number of methoxy groups -OCH3 is 1. The number of para-hydroxylation sites is 2. The van der Waals surface area contributed by atoms with Crippen molar-refractivity contribution < 1.29 is 4.74 Å². The van der Waals surface area contributed by atoms with Crippen LogP contribution < -0.4 is 10.1 Å². The standard InChI is InChI=1S/C20H25N3OS/c1-16-7-3-4-8-17(16)15-22-11-13-23(14-12-22)20(25)21-18-9-5-6-10-19(18)24-2/h3-10H,11-15H2,1-2H3,(H,21,25).